The van der Waals surface area contributed by atoms with Gasteiger partial charge in [-0.15, -0.1) is 11.3 Å². The smallest absolute Gasteiger partial charge is 0.283 e. The van der Waals surface area contributed by atoms with Crippen LogP contribution in [0.15, 0.2) is 69.4 Å². The SMILES string of the molecule is Cc1ccc(N2C(=O)/C(=C/c3ccc(Sc4nc5ccc(N6C(=O)[C@@H]7CCCC[C@H]7C6=O)cc5s4)c([N+](=O)[O-])c3)C(=O)NC2=S)c(C)c1. The largest absolute Gasteiger partial charge is 0.298 e. The highest BCUT2D eigenvalue weighted by Crippen LogP contribution is 2.43. The molecular weight excluding hydrogens is 671 g/mol. The fraction of sp³-hybridized carbons (Fsp3) is 0.235. The van der Waals surface area contributed by atoms with Crippen molar-refractivity contribution in [1.82, 2.24) is 10.3 Å². The molecule has 2 saturated heterocycles. The van der Waals surface area contributed by atoms with E-state index < -0.39 is 16.7 Å². The highest BCUT2D eigenvalue weighted by molar-refractivity contribution is 8.01. The number of hydrogen-bond donors (Lipinski definition) is 1. The third-order valence-corrected chi connectivity index (χ3v) is 11.3. The molecule has 48 heavy (non-hydrogen) atoms. The van der Waals surface area contributed by atoms with Crippen molar-refractivity contribution in [3.8, 4) is 0 Å². The van der Waals surface area contributed by atoms with E-state index in [2.05, 4.69) is 10.3 Å². The second-order valence-corrected chi connectivity index (χ2v) is 14.7. The zero-order valence-electron chi connectivity index (χ0n) is 25.7. The summed E-state index contributed by atoms with van der Waals surface area (Å²) in [7, 11) is 0. The Balaban J connectivity index is 1.15. The molecule has 242 valence electrons. The van der Waals surface area contributed by atoms with E-state index in [9.17, 15) is 29.3 Å². The molecule has 3 heterocycles. The maximum Gasteiger partial charge on any atom is 0.283 e. The first-order chi connectivity index (χ1) is 23.0. The molecule has 4 aromatic rings. The molecule has 2 atom stereocenters. The van der Waals surface area contributed by atoms with Crippen molar-refractivity contribution in [2.75, 3.05) is 9.80 Å². The number of rotatable bonds is 6. The number of thiocarbonyl (C=S) groups is 1. The summed E-state index contributed by atoms with van der Waals surface area (Å²) in [5, 5.41) is 14.7. The van der Waals surface area contributed by atoms with E-state index in [1.165, 1.54) is 33.3 Å². The van der Waals surface area contributed by atoms with Gasteiger partial charge in [0.25, 0.3) is 17.5 Å². The topological polar surface area (TPSA) is 143 Å². The van der Waals surface area contributed by atoms with Gasteiger partial charge < -0.3 is 0 Å². The molecule has 3 aliphatic rings. The lowest BCUT2D eigenvalue weighted by atomic mass is 9.81. The lowest BCUT2D eigenvalue weighted by molar-refractivity contribution is -0.387. The minimum absolute atomic E-state index is 0.0496. The summed E-state index contributed by atoms with van der Waals surface area (Å²) in [4.78, 5) is 71.8. The molecule has 1 N–H and O–H groups in total. The van der Waals surface area contributed by atoms with Gasteiger partial charge in [0.15, 0.2) is 9.45 Å². The standard InChI is InChI=1S/C34H27N5O6S3/c1-17-7-11-25(18(2)13-17)38-32(43)23(29(40)36-33(38)46)14-19-8-12-27(26(15-19)39(44)45)47-34-35-24-10-9-20(16-28(24)48-34)37-30(41)21-5-3-4-6-22(21)31(37)42/h7-16,21-22H,3-6H2,1-2H3,(H,36,40,46)/b23-14+/t21-,22-/m1/s1. The molecule has 2 aliphatic heterocycles. The van der Waals surface area contributed by atoms with Gasteiger partial charge in [-0.05, 0) is 86.4 Å². The van der Waals surface area contributed by atoms with Gasteiger partial charge in [0.05, 0.1) is 43.2 Å². The number of aromatic nitrogens is 1. The number of amides is 4. The number of carbonyl (C=O) groups is 4. The average molecular weight is 698 g/mol. The zero-order valence-corrected chi connectivity index (χ0v) is 28.2. The molecule has 1 aliphatic carbocycles. The highest BCUT2D eigenvalue weighted by atomic mass is 32.2. The quantitative estimate of drug-likeness (QED) is 0.0598. The maximum absolute atomic E-state index is 13.5. The molecule has 11 nitrogen and oxygen atoms in total. The van der Waals surface area contributed by atoms with E-state index in [4.69, 9.17) is 12.2 Å². The number of hydrogen-bond acceptors (Lipinski definition) is 10. The molecular formula is C34H27N5O6S3. The summed E-state index contributed by atoms with van der Waals surface area (Å²) in [5.41, 5.74) is 3.31. The van der Waals surface area contributed by atoms with Gasteiger partial charge in [0.1, 0.15) is 5.57 Å². The summed E-state index contributed by atoms with van der Waals surface area (Å²) < 4.78 is 1.27. The Bertz CT molecular complexity index is 2120. The number of carbonyl (C=O) groups excluding carboxylic acids is 4. The molecule has 0 bridgehead atoms. The van der Waals surface area contributed by atoms with E-state index >= 15 is 0 Å². The van der Waals surface area contributed by atoms with E-state index in [0.717, 1.165) is 53.3 Å². The van der Waals surface area contributed by atoms with Crippen LogP contribution in [0.25, 0.3) is 16.3 Å². The Labute approximate surface area is 288 Å². The van der Waals surface area contributed by atoms with Gasteiger partial charge in [0.2, 0.25) is 11.8 Å². The lowest BCUT2D eigenvalue weighted by Gasteiger charge is -2.30. The third-order valence-electron chi connectivity index (χ3n) is 8.83. The molecule has 3 fully saturated rings. The number of thiazole rings is 1. The van der Waals surface area contributed by atoms with Crippen molar-refractivity contribution in [1.29, 1.82) is 0 Å². The monoisotopic (exact) mass is 697 g/mol. The van der Waals surface area contributed by atoms with Crippen LogP contribution in [0.1, 0.15) is 42.4 Å². The Morgan fingerprint density at radius 3 is 2.40 bits per heavy atom. The van der Waals surface area contributed by atoms with Crippen molar-refractivity contribution >= 4 is 97.4 Å². The molecule has 14 heteroatoms. The first kappa shape index (κ1) is 31.8. The summed E-state index contributed by atoms with van der Waals surface area (Å²) in [5.74, 6) is -2.15. The Morgan fingerprint density at radius 1 is 0.979 bits per heavy atom. The van der Waals surface area contributed by atoms with Crippen LogP contribution in [0.2, 0.25) is 0 Å². The summed E-state index contributed by atoms with van der Waals surface area (Å²) in [6.45, 7) is 3.76. The Kier molecular flexibility index (Phi) is 8.17. The maximum atomic E-state index is 13.5. The van der Waals surface area contributed by atoms with Gasteiger partial charge in [0, 0.05) is 6.07 Å². The molecule has 0 spiro atoms. The zero-order chi connectivity index (χ0) is 33.9. The van der Waals surface area contributed by atoms with Crippen LogP contribution in [-0.2, 0) is 19.2 Å². The van der Waals surface area contributed by atoms with Crippen molar-refractivity contribution in [3.63, 3.8) is 0 Å². The van der Waals surface area contributed by atoms with Gasteiger partial charge >= 0.3 is 0 Å². The molecule has 7 rings (SSSR count). The first-order valence-electron chi connectivity index (χ1n) is 15.2. The number of nitrogens with zero attached hydrogens (tertiary/aromatic N) is 4. The van der Waals surface area contributed by atoms with E-state index in [1.54, 1.807) is 36.4 Å². The molecule has 1 aromatic heterocycles. The second kappa shape index (κ2) is 12.3. The first-order valence-corrected chi connectivity index (χ1v) is 17.3. The normalized spacial score (nSPS) is 20.5. The van der Waals surface area contributed by atoms with Gasteiger partial charge in [-0.3, -0.25) is 44.4 Å². The predicted octanol–water partition coefficient (Wildman–Crippen LogP) is 6.48. The number of anilines is 2. The van der Waals surface area contributed by atoms with Crippen molar-refractivity contribution in [2.45, 2.75) is 48.8 Å². The van der Waals surface area contributed by atoms with Crippen LogP contribution in [0, 0.1) is 35.8 Å². The highest BCUT2D eigenvalue weighted by Gasteiger charge is 2.48. The van der Waals surface area contributed by atoms with E-state index in [-0.39, 0.29) is 45.6 Å². The van der Waals surface area contributed by atoms with Crippen LogP contribution in [0.4, 0.5) is 17.1 Å². The minimum atomic E-state index is -0.697. The van der Waals surface area contributed by atoms with Crippen LogP contribution < -0.4 is 15.1 Å². The number of nitrogens with one attached hydrogen (secondary N) is 1. The Hall–Kier alpha value is -4.79. The number of nitro groups is 1. The van der Waals surface area contributed by atoms with Crippen LogP contribution in [0.3, 0.4) is 0 Å². The summed E-state index contributed by atoms with van der Waals surface area (Å²) >= 11 is 7.72. The number of fused-ring (bicyclic) bond motifs is 2. The van der Waals surface area contributed by atoms with Crippen LogP contribution in [-0.4, -0.2) is 38.6 Å². The van der Waals surface area contributed by atoms with E-state index in [0.29, 0.717) is 26.1 Å². The number of benzene rings is 3. The molecule has 1 saturated carbocycles. The fourth-order valence-corrected chi connectivity index (χ4v) is 8.95. The minimum Gasteiger partial charge on any atom is -0.298 e. The van der Waals surface area contributed by atoms with Gasteiger partial charge in [-0.1, -0.05) is 48.4 Å². The lowest BCUT2D eigenvalue weighted by Crippen LogP contribution is -2.54. The van der Waals surface area contributed by atoms with Gasteiger partial charge in [-0.2, -0.15) is 0 Å². The second-order valence-electron chi connectivity index (χ2n) is 12.0. The summed E-state index contributed by atoms with van der Waals surface area (Å²) in [6.07, 6.45) is 4.66. The van der Waals surface area contributed by atoms with Gasteiger partial charge in [-0.25, -0.2) is 4.98 Å². The molecule has 0 radical (unpaired) electrons. The number of aryl methyl sites for hydroxylation is 2. The van der Waals surface area contributed by atoms with Crippen LogP contribution >= 0.6 is 35.3 Å². The van der Waals surface area contributed by atoms with Crippen molar-refractivity contribution < 1.29 is 24.1 Å². The molecule has 0 unspecified atom stereocenters. The van der Waals surface area contributed by atoms with E-state index in [1.807, 2.05) is 26.0 Å². The number of imide groups is 1. The van der Waals surface area contributed by atoms with Crippen molar-refractivity contribution in [2.24, 2.45) is 11.8 Å². The van der Waals surface area contributed by atoms with Crippen molar-refractivity contribution in [3.05, 3.63) is 87.0 Å². The third kappa shape index (κ3) is 5.59. The fourth-order valence-electron chi connectivity index (χ4n) is 6.54. The average Bonchev–Trinajstić information content (AvgIpc) is 3.57. The number of nitro benzene ring substituents is 1. The Morgan fingerprint density at radius 2 is 1.71 bits per heavy atom. The molecule has 4 amide bonds. The van der Waals surface area contributed by atoms with Crippen LogP contribution in [0.5, 0.6) is 0 Å². The summed E-state index contributed by atoms with van der Waals surface area (Å²) in [6, 6.07) is 15.2. The molecule has 3 aromatic carbocycles. The predicted molar refractivity (Wildman–Crippen MR) is 187 cm³/mol.